The second kappa shape index (κ2) is 6.89. The summed E-state index contributed by atoms with van der Waals surface area (Å²) in [5.74, 6) is 0.615. The lowest BCUT2D eigenvalue weighted by atomic mass is 9.90. The average molecular weight is 320 g/mol. The molecule has 1 N–H and O–H groups in total. The molecule has 1 aliphatic rings. The maximum Gasteiger partial charge on any atom is 0.239 e. The van der Waals surface area contributed by atoms with Gasteiger partial charge in [-0.25, -0.2) is 0 Å². The minimum atomic E-state index is -1.14. The molecule has 6 nitrogen and oxygen atoms in total. The Balaban J connectivity index is 2.18. The second-order valence-electron chi connectivity index (χ2n) is 6.14. The number of likely N-dealkylation sites (tertiary alicyclic amines) is 1. The highest BCUT2D eigenvalue weighted by atomic mass is 16.5. The van der Waals surface area contributed by atoms with E-state index in [2.05, 4.69) is 5.32 Å². The van der Waals surface area contributed by atoms with Gasteiger partial charge in [-0.1, -0.05) is 0 Å². The van der Waals surface area contributed by atoms with Crippen LogP contribution in [-0.2, 0) is 9.59 Å². The van der Waals surface area contributed by atoms with Crippen LogP contribution in [-0.4, -0.2) is 44.0 Å². The largest absolute Gasteiger partial charge is 0.497 e. The van der Waals surface area contributed by atoms with Crippen molar-refractivity contribution in [2.75, 3.05) is 32.6 Å². The molecule has 0 atom stereocenters. The van der Waals surface area contributed by atoms with Crippen LogP contribution in [0, 0.1) is 5.41 Å². The van der Waals surface area contributed by atoms with Gasteiger partial charge in [-0.3, -0.25) is 9.59 Å². The number of anilines is 1. The standard InChI is InChI=1S/C17H24N2O4/c1-17(2,16(21)19-9-5-6-10-19)15(20)18-13-11-12(22-3)7-8-14(13)23-4/h7-8,11H,5-6,9-10H2,1-4H3,(H,18,20). The number of methoxy groups -OCH3 is 2. The molecule has 0 aliphatic carbocycles. The molecule has 1 aromatic carbocycles. The zero-order valence-electron chi connectivity index (χ0n) is 14.1. The zero-order chi connectivity index (χ0) is 17.0. The van der Waals surface area contributed by atoms with E-state index in [4.69, 9.17) is 9.47 Å². The predicted octanol–water partition coefficient (Wildman–Crippen LogP) is 2.29. The number of carbonyl (C=O) groups excluding carboxylic acids is 2. The summed E-state index contributed by atoms with van der Waals surface area (Å²) in [6.07, 6.45) is 1.99. The summed E-state index contributed by atoms with van der Waals surface area (Å²) >= 11 is 0. The quantitative estimate of drug-likeness (QED) is 0.845. The summed E-state index contributed by atoms with van der Waals surface area (Å²) in [6.45, 7) is 4.74. The Morgan fingerprint density at radius 3 is 2.35 bits per heavy atom. The number of ether oxygens (including phenoxy) is 2. The van der Waals surface area contributed by atoms with Crippen molar-refractivity contribution in [3.8, 4) is 11.5 Å². The highest BCUT2D eigenvalue weighted by Gasteiger charge is 2.40. The molecule has 0 spiro atoms. The lowest BCUT2D eigenvalue weighted by Gasteiger charge is -2.28. The Hall–Kier alpha value is -2.24. The van der Waals surface area contributed by atoms with Crippen molar-refractivity contribution in [1.82, 2.24) is 4.90 Å². The molecule has 1 aromatic rings. The first-order valence-electron chi connectivity index (χ1n) is 7.73. The van der Waals surface area contributed by atoms with E-state index >= 15 is 0 Å². The van der Waals surface area contributed by atoms with Crippen molar-refractivity contribution in [2.45, 2.75) is 26.7 Å². The molecule has 0 aromatic heterocycles. The van der Waals surface area contributed by atoms with Crippen LogP contribution >= 0.6 is 0 Å². The van der Waals surface area contributed by atoms with Crippen molar-refractivity contribution in [2.24, 2.45) is 5.41 Å². The fourth-order valence-electron chi connectivity index (χ4n) is 2.60. The van der Waals surface area contributed by atoms with Gasteiger partial charge in [-0.15, -0.1) is 0 Å². The molecule has 126 valence electrons. The van der Waals surface area contributed by atoms with E-state index in [0.29, 0.717) is 17.2 Å². The van der Waals surface area contributed by atoms with Crippen LogP contribution in [0.2, 0.25) is 0 Å². The predicted molar refractivity (Wildman–Crippen MR) is 87.8 cm³/mol. The average Bonchev–Trinajstić information content (AvgIpc) is 3.08. The summed E-state index contributed by atoms with van der Waals surface area (Å²) in [5.41, 5.74) is -0.655. The minimum absolute atomic E-state index is 0.144. The molecule has 23 heavy (non-hydrogen) atoms. The summed E-state index contributed by atoms with van der Waals surface area (Å²) in [7, 11) is 3.08. The Morgan fingerprint density at radius 2 is 1.78 bits per heavy atom. The van der Waals surface area contributed by atoms with Gasteiger partial charge in [0.05, 0.1) is 19.9 Å². The Morgan fingerprint density at radius 1 is 1.13 bits per heavy atom. The molecule has 1 fully saturated rings. The Kier molecular flexibility index (Phi) is 5.13. The van der Waals surface area contributed by atoms with Gasteiger partial charge in [-0.2, -0.15) is 0 Å². The molecular weight excluding hydrogens is 296 g/mol. The number of carbonyl (C=O) groups is 2. The first-order chi connectivity index (χ1) is 10.9. The lowest BCUT2D eigenvalue weighted by molar-refractivity contribution is -0.145. The van der Waals surface area contributed by atoms with E-state index in [1.165, 1.54) is 7.11 Å². The monoisotopic (exact) mass is 320 g/mol. The number of hydrogen-bond acceptors (Lipinski definition) is 4. The minimum Gasteiger partial charge on any atom is -0.497 e. The third kappa shape index (κ3) is 3.57. The fraction of sp³-hybridized carbons (Fsp3) is 0.529. The smallest absolute Gasteiger partial charge is 0.239 e. The van der Waals surface area contributed by atoms with E-state index in [-0.39, 0.29) is 11.8 Å². The van der Waals surface area contributed by atoms with Crippen LogP contribution in [0.1, 0.15) is 26.7 Å². The SMILES string of the molecule is COc1ccc(OC)c(NC(=O)C(C)(C)C(=O)N2CCCC2)c1. The first kappa shape index (κ1) is 17.1. The van der Waals surface area contributed by atoms with Crippen LogP contribution in [0.4, 0.5) is 5.69 Å². The van der Waals surface area contributed by atoms with Gasteiger partial charge in [-0.05, 0) is 38.8 Å². The van der Waals surface area contributed by atoms with Crippen LogP contribution in [0.15, 0.2) is 18.2 Å². The number of benzene rings is 1. The van der Waals surface area contributed by atoms with Crippen molar-refractivity contribution in [3.63, 3.8) is 0 Å². The van der Waals surface area contributed by atoms with Crippen molar-refractivity contribution in [1.29, 1.82) is 0 Å². The van der Waals surface area contributed by atoms with Gasteiger partial charge in [0.1, 0.15) is 16.9 Å². The van der Waals surface area contributed by atoms with Crippen molar-refractivity contribution in [3.05, 3.63) is 18.2 Å². The fourth-order valence-corrected chi connectivity index (χ4v) is 2.60. The zero-order valence-corrected chi connectivity index (χ0v) is 14.1. The normalized spacial score (nSPS) is 14.5. The molecule has 2 amide bonds. The topological polar surface area (TPSA) is 67.9 Å². The maximum atomic E-state index is 12.6. The van der Waals surface area contributed by atoms with Crippen LogP contribution in [0.5, 0.6) is 11.5 Å². The van der Waals surface area contributed by atoms with E-state index in [1.54, 1.807) is 44.1 Å². The molecule has 0 saturated carbocycles. The van der Waals surface area contributed by atoms with E-state index in [9.17, 15) is 9.59 Å². The third-order valence-electron chi connectivity index (χ3n) is 4.15. The van der Waals surface area contributed by atoms with Gasteiger partial charge in [0.25, 0.3) is 0 Å². The summed E-state index contributed by atoms with van der Waals surface area (Å²) in [6, 6.07) is 5.13. The molecule has 1 aliphatic heterocycles. The van der Waals surface area contributed by atoms with Crippen LogP contribution < -0.4 is 14.8 Å². The number of nitrogens with one attached hydrogen (secondary N) is 1. The molecule has 0 bridgehead atoms. The summed E-state index contributed by atoms with van der Waals surface area (Å²) < 4.78 is 10.4. The van der Waals surface area contributed by atoms with Crippen LogP contribution in [0.25, 0.3) is 0 Å². The van der Waals surface area contributed by atoms with E-state index in [1.807, 2.05) is 0 Å². The number of hydrogen-bond donors (Lipinski definition) is 1. The van der Waals surface area contributed by atoms with E-state index < -0.39 is 5.41 Å². The molecule has 1 heterocycles. The highest BCUT2D eigenvalue weighted by molar-refractivity contribution is 6.10. The lowest BCUT2D eigenvalue weighted by Crippen LogP contribution is -2.46. The van der Waals surface area contributed by atoms with Gasteiger partial charge >= 0.3 is 0 Å². The van der Waals surface area contributed by atoms with Crippen molar-refractivity contribution < 1.29 is 19.1 Å². The molecular formula is C17H24N2O4. The van der Waals surface area contributed by atoms with Crippen LogP contribution in [0.3, 0.4) is 0 Å². The van der Waals surface area contributed by atoms with Gasteiger partial charge in [0, 0.05) is 19.2 Å². The second-order valence-corrected chi connectivity index (χ2v) is 6.14. The molecule has 6 heteroatoms. The van der Waals surface area contributed by atoms with Gasteiger partial charge < -0.3 is 19.7 Å². The van der Waals surface area contributed by atoms with Gasteiger partial charge in [0.2, 0.25) is 11.8 Å². The first-order valence-corrected chi connectivity index (χ1v) is 7.73. The number of amides is 2. The molecule has 1 saturated heterocycles. The Labute approximate surface area is 136 Å². The summed E-state index contributed by atoms with van der Waals surface area (Å²) in [5, 5.41) is 2.79. The number of nitrogens with zero attached hydrogens (tertiary/aromatic N) is 1. The Bertz CT molecular complexity index is 592. The molecule has 0 unspecified atom stereocenters. The molecule has 0 radical (unpaired) electrons. The van der Waals surface area contributed by atoms with Crippen molar-refractivity contribution >= 4 is 17.5 Å². The third-order valence-corrected chi connectivity index (χ3v) is 4.15. The highest BCUT2D eigenvalue weighted by Crippen LogP contribution is 2.31. The summed E-state index contributed by atoms with van der Waals surface area (Å²) in [4.78, 5) is 27.0. The van der Waals surface area contributed by atoms with E-state index in [0.717, 1.165) is 25.9 Å². The number of rotatable bonds is 5. The van der Waals surface area contributed by atoms with Gasteiger partial charge in [0.15, 0.2) is 0 Å². The maximum absolute atomic E-state index is 12.6. The molecule has 2 rings (SSSR count).